The van der Waals surface area contributed by atoms with Crippen LogP contribution < -0.4 is 0 Å². The molecule has 1 aliphatic carbocycles. The topological polar surface area (TPSA) is 20.2 Å². The second-order valence-electron chi connectivity index (χ2n) is 3.49. The molecule has 1 aliphatic rings. The van der Waals surface area contributed by atoms with E-state index in [0.717, 1.165) is 25.7 Å². The predicted octanol–water partition coefficient (Wildman–Crippen LogP) is 1.95. The minimum Gasteiger partial charge on any atom is -0.377 e. The van der Waals surface area contributed by atoms with Crippen molar-refractivity contribution in [3.63, 3.8) is 0 Å². The average Bonchev–Trinajstić information content (AvgIpc) is 2.04. The van der Waals surface area contributed by atoms with E-state index in [-0.39, 0.29) is 5.41 Å². The minimum atomic E-state index is -0.795. The lowest BCUT2D eigenvalue weighted by Crippen LogP contribution is -2.55. The molecular weight excluding hydrogens is 136 g/mol. The van der Waals surface area contributed by atoms with E-state index in [1.54, 1.807) is 0 Å². The highest BCUT2D eigenvalue weighted by Crippen LogP contribution is 2.54. The van der Waals surface area contributed by atoms with Crippen molar-refractivity contribution in [1.82, 2.24) is 0 Å². The summed E-state index contributed by atoms with van der Waals surface area (Å²) in [7, 11) is 0. The third-order valence-corrected chi connectivity index (χ3v) is 3.44. The first-order chi connectivity index (χ1) is 5.14. The van der Waals surface area contributed by atoms with Gasteiger partial charge < -0.3 is 5.11 Å². The Morgan fingerprint density at radius 1 is 1.36 bits per heavy atom. The van der Waals surface area contributed by atoms with Gasteiger partial charge in [0.25, 0.3) is 0 Å². The van der Waals surface area contributed by atoms with Crippen LogP contribution in [0.25, 0.3) is 0 Å². The summed E-state index contributed by atoms with van der Waals surface area (Å²) in [6.07, 6.45) is 9.14. The van der Waals surface area contributed by atoms with Crippen LogP contribution in [-0.4, -0.2) is 10.7 Å². The van der Waals surface area contributed by atoms with Gasteiger partial charge in [0.05, 0.1) is 0 Å². The van der Waals surface area contributed by atoms with E-state index >= 15 is 0 Å². The number of hydrogen-bond donors (Lipinski definition) is 1. The van der Waals surface area contributed by atoms with Crippen LogP contribution in [0.4, 0.5) is 0 Å². The van der Waals surface area contributed by atoms with E-state index in [2.05, 4.69) is 19.8 Å². The molecule has 0 aromatic heterocycles. The van der Waals surface area contributed by atoms with Crippen molar-refractivity contribution in [1.29, 1.82) is 0 Å². The number of rotatable bonds is 2. The Labute approximate surface area is 68.8 Å². The fourth-order valence-electron chi connectivity index (χ4n) is 2.13. The molecule has 11 heavy (non-hydrogen) atoms. The van der Waals surface area contributed by atoms with Gasteiger partial charge in [-0.25, -0.2) is 0 Å². The summed E-state index contributed by atoms with van der Waals surface area (Å²) < 4.78 is 0. The van der Waals surface area contributed by atoms with Crippen LogP contribution in [0, 0.1) is 17.8 Å². The van der Waals surface area contributed by atoms with Crippen molar-refractivity contribution in [3.8, 4) is 12.3 Å². The summed E-state index contributed by atoms with van der Waals surface area (Å²) in [6.45, 7) is 4.20. The molecule has 0 heterocycles. The van der Waals surface area contributed by atoms with Gasteiger partial charge in [0.2, 0.25) is 0 Å². The molecule has 0 aromatic rings. The Hall–Kier alpha value is -0.480. The number of aliphatic hydroxyl groups is 1. The fraction of sp³-hybridized carbons (Fsp3) is 0.800. The van der Waals surface area contributed by atoms with Gasteiger partial charge in [-0.15, -0.1) is 6.42 Å². The van der Waals surface area contributed by atoms with E-state index in [1.807, 2.05) is 0 Å². The predicted molar refractivity (Wildman–Crippen MR) is 46.0 cm³/mol. The lowest BCUT2D eigenvalue weighted by atomic mass is 9.54. The Bertz CT molecular complexity index is 180. The molecule has 1 atom stereocenters. The first-order valence-electron chi connectivity index (χ1n) is 4.34. The normalized spacial score (nSPS) is 34.0. The molecule has 0 aliphatic heterocycles. The maximum absolute atomic E-state index is 9.89. The van der Waals surface area contributed by atoms with Crippen molar-refractivity contribution in [2.75, 3.05) is 0 Å². The monoisotopic (exact) mass is 152 g/mol. The highest BCUT2D eigenvalue weighted by atomic mass is 16.3. The Morgan fingerprint density at radius 2 is 1.91 bits per heavy atom. The van der Waals surface area contributed by atoms with Crippen LogP contribution in [0.1, 0.15) is 39.5 Å². The number of hydrogen-bond acceptors (Lipinski definition) is 1. The molecule has 0 aromatic carbocycles. The summed E-state index contributed by atoms with van der Waals surface area (Å²) in [4.78, 5) is 0. The second-order valence-corrected chi connectivity index (χ2v) is 3.49. The minimum absolute atomic E-state index is 0.0295. The number of terminal acetylenes is 1. The van der Waals surface area contributed by atoms with Gasteiger partial charge in [0.15, 0.2) is 0 Å². The molecule has 0 saturated heterocycles. The zero-order valence-corrected chi connectivity index (χ0v) is 7.35. The molecule has 0 radical (unpaired) electrons. The van der Waals surface area contributed by atoms with Crippen molar-refractivity contribution in [2.45, 2.75) is 45.1 Å². The van der Waals surface area contributed by atoms with Crippen LogP contribution >= 0.6 is 0 Å². The second kappa shape index (κ2) is 2.53. The lowest BCUT2D eigenvalue weighted by Gasteiger charge is -2.53. The van der Waals surface area contributed by atoms with E-state index in [4.69, 9.17) is 6.42 Å². The third-order valence-electron chi connectivity index (χ3n) is 3.44. The molecule has 0 amide bonds. The van der Waals surface area contributed by atoms with Crippen LogP contribution in [0.15, 0.2) is 0 Å². The molecular formula is C10H16O. The molecule has 1 N–H and O–H groups in total. The van der Waals surface area contributed by atoms with Crippen LogP contribution in [0.5, 0.6) is 0 Å². The van der Waals surface area contributed by atoms with Gasteiger partial charge in [-0.3, -0.25) is 0 Å². The van der Waals surface area contributed by atoms with Crippen LogP contribution in [0.2, 0.25) is 0 Å². The zero-order chi connectivity index (χ0) is 8.54. The van der Waals surface area contributed by atoms with Crippen molar-refractivity contribution >= 4 is 0 Å². The van der Waals surface area contributed by atoms with E-state index < -0.39 is 5.60 Å². The maximum atomic E-state index is 9.89. The quantitative estimate of drug-likeness (QED) is 0.600. The molecule has 62 valence electrons. The summed E-state index contributed by atoms with van der Waals surface area (Å²) in [5.41, 5.74) is -0.766. The van der Waals surface area contributed by atoms with Gasteiger partial charge >= 0.3 is 0 Å². The Kier molecular flexibility index (Phi) is 1.98. The molecule has 1 heteroatoms. The molecule has 1 unspecified atom stereocenters. The highest BCUT2D eigenvalue weighted by Gasteiger charge is 2.54. The Morgan fingerprint density at radius 3 is 2.00 bits per heavy atom. The fourth-order valence-corrected chi connectivity index (χ4v) is 2.13. The van der Waals surface area contributed by atoms with Gasteiger partial charge in [0.1, 0.15) is 5.60 Å². The van der Waals surface area contributed by atoms with Gasteiger partial charge in [-0.05, 0) is 25.7 Å². The molecule has 0 spiro atoms. The first-order valence-corrected chi connectivity index (χ1v) is 4.34. The largest absolute Gasteiger partial charge is 0.377 e. The molecule has 1 nitrogen and oxygen atoms in total. The summed E-state index contributed by atoms with van der Waals surface area (Å²) in [6, 6.07) is 0. The smallest absolute Gasteiger partial charge is 0.130 e. The first kappa shape index (κ1) is 8.62. The van der Waals surface area contributed by atoms with Crippen LogP contribution in [0.3, 0.4) is 0 Å². The van der Waals surface area contributed by atoms with Crippen LogP contribution in [-0.2, 0) is 0 Å². The third kappa shape index (κ3) is 0.895. The Balaban J connectivity index is 2.81. The van der Waals surface area contributed by atoms with Gasteiger partial charge in [-0.2, -0.15) is 0 Å². The van der Waals surface area contributed by atoms with E-state index in [0.29, 0.717) is 0 Å². The van der Waals surface area contributed by atoms with Gasteiger partial charge in [0, 0.05) is 5.41 Å². The maximum Gasteiger partial charge on any atom is 0.130 e. The highest BCUT2D eigenvalue weighted by molar-refractivity contribution is 5.22. The summed E-state index contributed by atoms with van der Waals surface area (Å²) in [5, 5.41) is 9.89. The standard InChI is InChI=1S/C10H16O/c1-4-9(5-2)7-8-10(9,11)6-3/h3,11H,4-5,7-8H2,1-2H3. The van der Waals surface area contributed by atoms with Crippen molar-refractivity contribution < 1.29 is 5.11 Å². The molecule has 1 rings (SSSR count). The van der Waals surface area contributed by atoms with E-state index in [1.165, 1.54) is 0 Å². The van der Waals surface area contributed by atoms with Crippen molar-refractivity contribution in [2.24, 2.45) is 5.41 Å². The average molecular weight is 152 g/mol. The SMILES string of the molecule is C#CC1(O)CCC1(CC)CC. The summed E-state index contributed by atoms with van der Waals surface area (Å²) >= 11 is 0. The molecule has 0 bridgehead atoms. The van der Waals surface area contributed by atoms with E-state index in [9.17, 15) is 5.11 Å². The summed E-state index contributed by atoms with van der Waals surface area (Å²) in [5.74, 6) is 2.53. The molecule has 1 fully saturated rings. The molecule has 1 saturated carbocycles. The van der Waals surface area contributed by atoms with Gasteiger partial charge in [-0.1, -0.05) is 19.8 Å². The zero-order valence-electron chi connectivity index (χ0n) is 7.35. The lowest BCUT2D eigenvalue weighted by molar-refractivity contribution is -0.127. The van der Waals surface area contributed by atoms with Crippen molar-refractivity contribution in [3.05, 3.63) is 0 Å².